The molecular formula is C14H14BrN3O3. The number of hydrazone groups is 1. The first-order valence-corrected chi connectivity index (χ1v) is 6.83. The number of aromatic amines is 1. The minimum atomic E-state index is -0.312. The van der Waals surface area contributed by atoms with Gasteiger partial charge < -0.3 is 14.5 Å². The summed E-state index contributed by atoms with van der Waals surface area (Å²) in [5.41, 5.74) is 3.63. The van der Waals surface area contributed by atoms with Crippen molar-refractivity contribution in [2.45, 2.75) is 0 Å². The Balaban J connectivity index is 2.12. The molecule has 0 bridgehead atoms. The third kappa shape index (κ3) is 3.63. The molecule has 0 saturated carbocycles. The Morgan fingerprint density at radius 1 is 1.33 bits per heavy atom. The second-order valence-electron chi connectivity index (χ2n) is 4.01. The molecule has 21 heavy (non-hydrogen) atoms. The van der Waals surface area contributed by atoms with Crippen LogP contribution in [-0.2, 0) is 0 Å². The molecule has 0 saturated heterocycles. The highest BCUT2D eigenvalue weighted by molar-refractivity contribution is 9.10. The van der Waals surface area contributed by atoms with Crippen LogP contribution in [0.3, 0.4) is 0 Å². The monoisotopic (exact) mass is 351 g/mol. The molecule has 0 aliphatic carbocycles. The van der Waals surface area contributed by atoms with Crippen LogP contribution in [0.2, 0.25) is 0 Å². The molecule has 1 aromatic carbocycles. The van der Waals surface area contributed by atoms with E-state index < -0.39 is 0 Å². The van der Waals surface area contributed by atoms with Crippen molar-refractivity contribution < 1.29 is 14.3 Å². The molecule has 6 nitrogen and oxygen atoms in total. The summed E-state index contributed by atoms with van der Waals surface area (Å²) in [6.45, 7) is 0. The van der Waals surface area contributed by atoms with Crippen molar-refractivity contribution in [3.05, 3.63) is 46.2 Å². The van der Waals surface area contributed by atoms with E-state index in [1.165, 1.54) is 6.21 Å². The maximum atomic E-state index is 11.7. The minimum absolute atomic E-state index is 0.312. The maximum absolute atomic E-state index is 11.7. The molecule has 1 aromatic heterocycles. The summed E-state index contributed by atoms with van der Waals surface area (Å²) in [5.74, 6) is 0.877. The van der Waals surface area contributed by atoms with Gasteiger partial charge in [0, 0.05) is 16.2 Å². The maximum Gasteiger partial charge on any atom is 0.287 e. The Hall–Kier alpha value is -2.28. The van der Waals surface area contributed by atoms with Gasteiger partial charge in [-0.25, -0.2) is 5.43 Å². The number of carbonyl (C=O) groups is 1. The van der Waals surface area contributed by atoms with Crippen molar-refractivity contribution in [1.29, 1.82) is 0 Å². The highest BCUT2D eigenvalue weighted by Crippen LogP contribution is 2.32. The molecular weight excluding hydrogens is 338 g/mol. The van der Waals surface area contributed by atoms with Gasteiger partial charge in [0.2, 0.25) is 0 Å². The largest absolute Gasteiger partial charge is 0.493 e. The standard InChI is InChI=1S/C14H14BrN3O3/c1-20-12-6-9(10(15)7-13(12)21-2)8-17-18-14(19)11-4-3-5-16-11/h3-8,16H,1-2H3,(H,18,19)/b17-8-. The fraction of sp³-hybridized carbons (Fsp3) is 0.143. The van der Waals surface area contributed by atoms with Gasteiger partial charge in [0.1, 0.15) is 5.69 Å². The number of nitrogens with zero attached hydrogens (tertiary/aromatic N) is 1. The van der Waals surface area contributed by atoms with E-state index in [-0.39, 0.29) is 5.91 Å². The Bertz CT molecular complexity index is 654. The van der Waals surface area contributed by atoms with Crippen LogP contribution >= 0.6 is 15.9 Å². The van der Waals surface area contributed by atoms with Gasteiger partial charge in [0.05, 0.1) is 20.4 Å². The summed E-state index contributed by atoms with van der Waals surface area (Å²) in [6, 6.07) is 6.93. The number of nitrogens with one attached hydrogen (secondary N) is 2. The number of benzene rings is 1. The first-order valence-electron chi connectivity index (χ1n) is 6.04. The van der Waals surface area contributed by atoms with Gasteiger partial charge in [-0.2, -0.15) is 5.10 Å². The van der Waals surface area contributed by atoms with Crippen LogP contribution in [0.5, 0.6) is 11.5 Å². The Morgan fingerprint density at radius 3 is 2.67 bits per heavy atom. The van der Waals surface area contributed by atoms with E-state index in [1.807, 2.05) is 0 Å². The van der Waals surface area contributed by atoms with Crippen molar-refractivity contribution in [2.24, 2.45) is 5.10 Å². The van der Waals surface area contributed by atoms with Gasteiger partial charge in [-0.05, 0) is 40.2 Å². The van der Waals surface area contributed by atoms with Crippen LogP contribution in [0.1, 0.15) is 16.1 Å². The van der Waals surface area contributed by atoms with Gasteiger partial charge in [0.25, 0.3) is 5.91 Å². The molecule has 1 heterocycles. The zero-order valence-electron chi connectivity index (χ0n) is 11.5. The average molecular weight is 352 g/mol. The zero-order valence-corrected chi connectivity index (χ0v) is 13.1. The molecule has 1 amide bonds. The third-order valence-corrected chi connectivity index (χ3v) is 3.40. The van der Waals surface area contributed by atoms with E-state index in [2.05, 4.69) is 31.4 Å². The first-order chi connectivity index (χ1) is 10.2. The molecule has 2 aromatic rings. The summed E-state index contributed by atoms with van der Waals surface area (Å²) in [5, 5.41) is 3.92. The fourth-order valence-electron chi connectivity index (χ4n) is 1.66. The Labute approximate surface area is 130 Å². The molecule has 0 fully saturated rings. The van der Waals surface area contributed by atoms with Crippen LogP contribution in [0, 0.1) is 0 Å². The third-order valence-electron chi connectivity index (χ3n) is 2.72. The van der Waals surface area contributed by atoms with E-state index in [0.717, 1.165) is 10.0 Å². The van der Waals surface area contributed by atoms with Gasteiger partial charge in [0.15, 0.2) is 11.5 Å². The number of hydrogen-bond donors (Lipinski definition) is 2. The highest BCUT2D eigenvalue weighted by Gasteiger charge is 2.08. The van der Waals surface area contributed by atoms with E-state index in [1.54, 1.807) is 44.7 Å². The topological polar surface area (TPSA) is 75.7 Å². The van der Waals surface area contributed by atoms with Crippen LogP contribution in [0.4, 0.5) is 0 Å². The number of amides is 1. The van der Waals surface area contributed by atoms with Gasteiger partial charge in [-0.15, -0.1) is 0 Å². The van der Waals surface area contributed by atoms with Crippen molar-refractivity contribution in [3.8, 4) is 11.5 Å². The van der Waals surface area contributed by atoms with E-state index >= 15 is 0 Å². The lowest BCUT2D eigenvalue weighted by molar-refractivity contribution is 0.0951. The molecule has 2 rings (SSSR count). The zero-order chi connectivity index (χ0) is 15.2. The Kier molecular flexibility index (Phi) is 4.99. The fourth-order valence-corrected chi connectivity index (χ4v) is 2.09. The van der Waals surface area contributed by atoms with E-state index in [9.17, 15) is 4.79 Å². The number of methoxy groups -OCH3 is 2. The van der Waals surface area contributed by atoms with Gasteiger partial charge >= 0.3 is 0 Å². The van der Waals surface area contributed by atoms with Crippen molar-refractivity contribution >= 4 is 28.1 Å². The number of aromatic nitrogens is 1. The van der Waals surface area contributed by atoms with Crippen molar-refractivity contribution in [1.82, 2.24) is 10.4 Å². The SMILES string of the molecule is COc1cc(Br)c(/C=N\NC(=O)c2ccc[nH]2)cc1OC. The number of hydrogen-bond acceptors (Lipinski definition) is 4. The summed E-state index contributed by atoms with van der Waals surface area (Å²) in [7, 11) is 3.12. The molecule has 0 aliphatic heterocycles. The number of H-pyrrole nitrogens is 1. The normalized spacial score (nSPS) is 10.6. The van der Waals surface area contributed by atoms with Crippen LogP contribution in [0.15, 0.2) is 40.0 Å². The number of ether oxygens (including phenoxy) is 2. The second-order valence-corrected chi connectivity index (χ2v) is 4.87. The second kappa shape index (κ2) is 6.94. The predicted molar refractivity (Wildman–Crippen MR) is 83.1 cm³/mol. The number of rotatable bonds is 5. The number of carbonyl (C=O) groups excluding carboxylic acids is 1. The van der Waals surface area contributed by atoms with Crippen LogP contribution < -0.4 is 14.9 Å². The molecule has 0 spiro atoms. The van der Waals surface area contributed by atoms with E-state index in [4.69, 9.17) is 9.47 Å². The lowest BCUT2D eigenvalue weighted by atomic mass is 10.2. The summed E-state index contributed by atoms with van der Waals surface area (Å²) in [4.78, 5) is 14.5. The van der Waals surface area contributed by atoms with Crippen LogP contribution in [0.25, 0.3) is 0 Å². The lowest BCUT2D eigenvalue weighted by Gasteiger charge is -2.09. The van der Waals surface area contributed by atoms with Crippen LogP contribution in [-0.4, -0.2) is 31.3 Å². The molecule has 0 unspecified atom stereocenters. The summed E-state index contributed by atoms with van der Waals surface area (Å²) < 4.78 is 11.2. The molecule has 0 radical (unpaired) electrons. The van der Waals surface area contributed by atoms with Crippen molar-refractivity contribution in [2.75, 3.05) is 14.2 Å². The lowest BCUT2D eigenvalue weighted by Crippen LogP contribution is -2.17. The summed E-state index contributed by atoms with van der Waals surface area (Å²) in [6.07, 6.45) is 3.19. The minimum Gasteiger partial charge on any atom is -0.493 e. The van der Waals surface area contributed by atoms with E-state index in [0.29, 0.717) is 17.2 Å². The molecule has 0 aliphatic rings. The predicted octanol–water partition coefficient (Wildman–Crippen LogP) is 2.56. The number of halogens is 1. The smallest absolute Gasteiger partial charge is 0.287 e. The Morgan fingerprint density at radius 2 is 2.05 bits per heavy atom. The van der Waals surface area contributed by atoms with Gasteiger partial charge in [-0.1, -0.05) is 0 Å². The first kappa shape index (κ1) is 15.1. The van der Waals surface area contributed by atoms with Gasteiger partial charge in [-0.3, -0.25) is 4.79 Å². The molecule has 110 valence electrons. The van der Waals surface area contributed by atoms with Crippen molar-refractivity contribution in [3.63, 3.8) is 0 Å². The quantitative estimate of drug-likeness (QED) is 0.642. The average Bonchev–Trinajstić information content (AvgIpc) is 3.02. The molecule has 0 atom stereocenters. The molecule has 2 N–H and O–H groups in total. The summed E-state index contributed by atoms with van der Waals surface area (Å²) >= 11 is 3.41. The highest BCUT2D eigenvalue weighted by atomic mass is 79.9. The molecule has 7 heteroatoms.